The monoisotopic (exact) mass is 366 g/mol. The third-order valence-corrected chi connectivity index (χ3v) is 5.32. The predicted molar refractivity (Wildman–Crippen MR) is 103 cm³/mol. The number of halogens is 1. The molecule has 5 heteroatoms. The Bertz CT molecular complexity index is 512. The lowest BCUT2D eigenvalue weighted by molar-refractivity contribution is -0.123. The first kappa shape index (κ1) is 20.2. The van der Waals surface area contributed by atoms with E-state index in [1.54, 1.807) is 0 Å². The fraction of sp³-hybridized carbons (Fsp3) is 0.650. The molecule has 1 saturated carbocycles. The second-order valence-corrected chi connectivity index (χ2v) is 7.46. The van der Waals surface area contributed by atoms with E-state index in [1.165, 1.54) is 31.2 Å². The minimum Gasteiger partial charge on any atom is -0.376 e. The van der Waals surface area contributed by atoms with Gasteiger partial charge in [-0.3, -0.25) is 4.79 Å². The molecule has 0 aromatic heterocycles. The minimum absolute atomic E-state index is 0. The molecule has 1 aliphatic heterocycles. The summed E-state index contributed by atoms with van der Waals surface area (Å²) < 4.78 is 5.75. The highest BCUT2D eigenvalue weighted by Gasteiger charge is 2.38. The van der Waals surface area contributed by atoms with Gasteiger partial charge in [0.1, 0.15) is 0 Å². The van der Waals surface area contributed by atoms with Gasteiger partial charge < -0.3 is 15.4 Å². The smallest absolute Gasteiger partial charge is 0.237 e. The number of hydrogen-bond donors (Lipinski definition) is 2. The van der Waals surface area contributed by atoms with E-state index in [9.17, 15) is 4.79 Å². The molecular weight excluding hydrogens is 336 g/mol. The molecule has 1 aromatic rings. The second kappa shape index (κ2) is 10.1. The lowest BCUT2D eigenvalue weighted by Crippen LogP contribution is -2.44. The average molecular weight is 367 g/mol. The van der Waals surface area contributed by atoms with Gasteiger partial charge in [-0.2, -0.15) is 0 Å². The number of amides is 1. The molecule has 4 atom stereocenters. The van der Waals surface area contributed by atoms with Crippen LogP contribution in [-0.2, 0) is 16.1 Å². The number of hydrogen-bond acceptors (Lipinski definition) is 3. The van der Waals surface area contributed by atoms with E-state index in [0.29, 0.717) is 37.6 Å². The van der Waals surface area contributed by atoms with Gasteiger partial charge in [0.2, 0.25) is 5.91 Å². The molecule has 1 aliphatic carbocycles. The number of ether oxygens (including phenoxy) is 1. The maximum absolute atomic E-state index is 12.4. The van der Waals surface area contributed by atoms with Crippen LogP contribution in [-0.4, -0.2) is 31.1 Å². The summed E-state index contributed by atoms with van der Waals surface area (Å²) in [5.74, 6) is 1.20. The molecule has 1 saturated heterocycles. The first-order valence-electron chi connectivity index (χ1n) is 9.38. The number of fused-ring (bicyclic) bond motifs is 1. The molecule has 0 spiro atoms. The van der Waals surface area contributed by atoms with Crippen LogP contribution in [0.1, 0.15) is 44.6 Å². The molecule has 4 nitrogen and oxygen atoms in total. The van der Waals surface area contributed by atoms with Crippen LogP contribution >= 0.6 is 12.4 Å². The summed E-state index contributed by atoms with van der Waals surface area (Å²) in [4.78, 5) is 12.4. The second-order valence-electron chi connectivity index (χ2n) is 7.46. The molecule has 2 N–H and O–H groups in total. The van der Waals surface area contributed by atoms with Crippen molar-refractivity contribution in [2.45, 2.75) is 57.7 Å². The first-order valence-corrected chi connectivity index (χ1v) is 9.38. The summed E-state index contributed by atoms with van der Waals surface area (Å²) >= 11 is 0. The van der Waals surface area contributed by atoms with Gasteiger partial charge in [0.25, 0.3) is 0 Å². The number of rotatable bonds is 7. The van der Waals surface area contributed by atoms with Crippen LogP contribution < -0.4 is 10.6 Å². The Morgan fingerprint density at radius 2 is 2.04 bits per heavy atom. The van der Waals surface area contributed by atoms with Crippen LogP contribution in [0, 0.1) is 11.8 Å². The van der Waals surface area contributed by atoms with Crippen molar-refractivity contribution >= 4 is 18.3 Å². The molecule has 25 heavy (non-hydrogen) atoms. The Morgan fingerprint density at radius 1 is 1.28 bits per heavy atom. The molecule has 140 valence electrons. The molecule has 1 amide bonds. The van der Waals surface area contributed by atoms with Gasteiger partial charge in [-0.25, -0.2) is 0 Å². The maximum Gasteiger partial charge on any atom is 0.237 e. The van der Waals surface area contributed by atoms with E-state index in [0.717, 1.165) is 6.42 Å². The quantitative estimate of drug-likeness (QED) is 0.778. The van der Waals surface area contributed by atoms with Crippen molar-refractivity contribution in [1.29, 1.82) is 0 Å². The van der Waals surface area contributed by atoms with Gasteiger partial charge in [-0.15, -0.1) is 12.4 Å². The van der Waals surface area contributed by atoms with Gasteiger partial charge >= 0.3 is 0 Å². The van der Waals surface area contributed by atoms with E-state index in [4.69, 9.17) is 4.74 Å². The summed E-state index contributed by atoms with van der Waals surface area (Å²) in [6.07, 6.45) is 6.16. The molecule has 2 aliphatic rings. The summed E-state index contributed by atoms with van der Waals surface area (Å²) in [7, 11) is 0. The van der Waals surface area contributed by atoms with E-state index < -0.39 is 0 Å². The number of carbonyl (C=O) groups is 1. The Labute approximate surface area is 157 Å². The molecule has 1 aromatic carbocycles. The predicted octanol–water partition coefficient (Wildman–Crippen LogP) is 3.30. The number of nitrogens with one attached hydrogen (secondary N) is 2. The average Bonchev–Trinajstić information content (AvgIpc) is 3.05. The van der Waals surface area contributed by atoms with Crippen LogP contribution in [0.15, 0.2) is 30.3 Å². The third kappa shape index (κ3) is 5.98. The zero-order valence-electron chi connectivity index (χ0n) is 15.1. The zero-order valence-corrected chi connectivity index (χ0v) is 15.9. The van der Waals surface area contributed by atoms with Crippen molar-refractivity contribution in [2.75, 3.05) is 13.2 Å². The van der Waals surface area contributed by atoms with Crippen LogP contribution in [0.5, 0.6) is 0 Å². The lowest BCUT2D eigenvalue weighted by Gasteiger charge is -2.24. The molecule has 1 heterocycles. The number of benzene rings is 1. The normalized spacial score (nSPS) is 26.4. The van der Waals surface area contributed by atoms with Gasteiger partial charge in [-0.1, -0.05) is 50.1 Å². The fourth-order valence-electron chi connectivity index (χ4n) is 3.93. The topological polar surface area (TPSA) is 50.4 Å². The van der Waals surface area contributed by atoms with E-state index in [1.807, 2.05) is 18.2 Å². The first-order chi connectivity index (χ1) is 11.7. The largest absolute Gasteiger partial charge is 0.376 e. The summed E-state index contributed by atoms with van der Waals surface area (Å²) in [6.45, 7) is 4.10. The third-order valence-electron chi connectivity index (χ3n) is 5.32. The van der Waals surface area contributed by atoms with Crippen molar-refractivity contribution in [3.05, 3.63) is 35.9 Å². The Kier molecular flexibility index (Phi) is 8.20. The standard InChI is InChI=1S/C20H30N2O2.ClH/c1-15(13-24-14-16-7-3-2-4-8-16)12-21-20(23)19-11-17-9-5-6-10-18(17)22-19;/h2-4,7-8,15,17-19,22H,5-6,9-14H2,1H3,(H,21,23);1H. The number of carbonyl (C=O) groups excluding carboxylic acids is 1. The van der Waals surface area contributed by atoms with Gasteiger partial charge in [-0.05, 0) is 36.7 Å². The van der Waals surface area contributed by atoms with Crippen LogP contribution in [0.25, 0.3) is 0 Å². The van der Waals surface area contributed by atoms with E-state index in [2.05, 4.69) is 29.7 Å². The Hall–Kier alpha value is -1.10. The van der Waals surface area contributed by atoms with Crippen molar-refractivity contribution in [3.8, 4) is 0 Å². The van der Waals surface area contributed by atoms with Crippen LogP contribution in [0.3, 0.4) is 0 Å². The highest BCUT2D eigenvalue weighted by molar-refractivity contribution is 5.85. The summed E-state index contributed by atoms with van der Waals surface area (Å²) in [6, 6.07) is 10.8. The van der Waals surface area contributed by atoms with E-state index >= 15 is 0 Å². The van der Waals surface area contributed by atoms with Gasteiger partial charge in [0.15, 0.2) is 0 Å². The van der Waals surface area contributed by atoms with E-state index in [-0.39, 0.29) is 24.4 Å². The molecule has 2 fully saturated rings. The SMILES string of the molecule is CC(CNC(=O)C1CC2CCCCC2N1)COCc1ccccc1.Cl. The van der Waals surface area contributed by atoms with Gasteiger partial charge in [0, 0.05) is 12.6 Å². The summed E-state index contributed by atoms with van der Waals surface area (Å²) in [5, 5.41) is 6.64. The van der Waals surface area contributed by atoms with Crippen molar-refractivity contribution < 1.29 is 9.53 Å². The lowest BCUT2D eigenvalue weighted by atomic mass is 9.85. The van der Waals surface area contributed by atoms with Crippen LogP contribution in [0.4, 0.5) is 0 Å². The van der Waals surface area contributed by atoms with Crippen LogP contribution in [0.2, 0.25) is 0 Å². The summed E-state index contributed by atoms with van der Waals surface area (Å²) in [5.41, 5.74) is 1.19. The Morgan fingerprint density at radius 3 is 2.80 bits per heavy atom. The fourth-order valence-corrected chi connectivity index (χ4v) is 3.93. The Balaban J connectivity index is 0.00000225. The van der Waals surface area contributed by atoms with Gasteiger partial charge in [0.05, 0.1) is 19.3 Å². The maximum atomic E-state index is 12.4. The molecule has 4 unspecified atom stereocenters. The molecule has 0 radical (unpaired) electrons. The minimum atomic E-state index is 0. The van der Waals surface area contributed by atoms with Crippen molar-refractivity contribution in [1.82, 2.24) is 10.6 Å². The molecule has 3 rings (SSSR count). The highest BCUT2D eigenvalue weighted by Crippen LogP contribution is 2.33. The highest BCUT2D eigenvalue weighted by atomic mass is 35.5. The van der Waals surface area contributed by atoms with Crippen molar-refractivity contribution in [3.63, 3.8) is 0 Å². The molecule has 0 bridgehead atoms. The van der Waals surface area contributed by atoms with Crippen molar-refractivity contribution in [2.24, 2.45) is 11.8 Å². The molecular formula is C20H31ClN2O2. The zero-order chi connectivity index (χ0) is 16.8.